The first kappa shape index (κ1) is 12.0. The summed E-state index contributed by atoms with van der Waals surface area (Å²) in [6, 6.07) is 4.70. The fourth-order valence-corrected chi connectivity index (χ4v) is 2.93. The summed E-state index contributed by atoms with van der Waals surface area (Å²) in [6.45, 7) is 1.79. The molecule has 0 aromatic heterocycles. The van der Waals surface area contributed by atoms with Gasteiger partial charge in [-0.3, -0.25) is 9.59 Å². The predicted octanol–water partition coefficient (Wildman–Crippen LogP) is 2.16. The largest absolute Gasteiger partial charge is 0.508 e. The number of carbonyl (C=O) groups excluding carboxylic acids is 2. The van der Waals surface area contributed by atoms with Crippen molar-refractivity contribution < 1.29 is 14.7 Å². The van der Waals surface area contributed by atoms with E-state index in [4.69, 9.17) is 0 Å². The van der Waals surface area contributed by atoms with Gasteiger partial charge in [-0.1, -0.05) is 12.2 Å². The van der Waals surface area contributed by atoms with E-state index in [-0.39, 0.29) is 29.4 Å². The number of hydrogen-bond donors (Lipinski definition) is 1. The van der Waals surface area contributed by atoms with Crippen LogP contribution in [0, 0.1) is 18.8 Å². The molecule has 4 heteroatoms. The number of aryl methyl sites for hydroxylation is 1. The minimum atomic E-state index is -0.217. The normalized spacial score (nSPS) is 25.8. The second-order valence-electron chi connectivity index (χ2n) is 5.14. The van der Waals surface area contributed by atoms with E-state index in [9.17, 15) is 14.7 Å². The first-order valence-corrected chi connectivity index (χ1v) is 6.42. The fourth-order valence-electron chi connectivity index (χ4n) is 2.93. The molecule has 4 nitrogen and oxygen atoms in total. The molecule has 0 bridgehead atoms. The summed E-state index contributed by atoms with van der Waals surface area (Å²) >= 11 is 0. The predicted molar refractivity (Wildman–Crippen MR) is 70.7 cm³/mol. The van der Waals surface area contributed by atoms with Crippen molar-refractivity contribution in [2.24, 2.45) is 11.8 Å². The van der Waals surface area contributed by atoms with E-state index in [0.29, 0.717) is 18.5 Å². The number of aromatic hydroxyl groups is 1. The quantitative estimate of drug-likeness (QED) is 0.619. The van der Waals surface area contributed by atoms with Crippen LogP contribution in [0.4, 0.5) is 5.69 Å². The Morgan fingerprint density at radius 2 is 1.68 bits per heavy atom. The molecular weight excluding hydrogens is 242 g/mol. The average molecular weight is 257 g/mol. The molecular formula is C15H15NO3. The van der Waals surface area contributed by atoms with E-state index in [1.807, 2.05) is 12.2 Å². The van der Waals surface area contributed by atoms with Crippen molar-refractivity contribution in [3.8, 4) is 5.75 Å². The third-order valence-electron chi connectivity index (χ3n) is 3.93. The van der Waals surface area contributed by atoms with Gasteiger partial charge in [0.05, 0.1) is 17.5 Å². The summed E-state index contributed by atoms with van der Waals surface area (Å²) in [6.07, 6.45) is 5.23. The first-order valence-electron chi connectivity index (χ1n) is 6.42. The number of nitrogens with zero attached hydrogens (tertiary/aromatic N) is 1. The Balaban J connectivity index is 2.02. The monoisotopic (exact) mass is 257 g/mol. The molecule has 0 saturated carbocycles. The van der Waals surface area contributed by atoms with Gasteiger partial charge in [0.1, 0.15) is 5.75 Å². The molecule has 98 valence electrons. The lowest BCUT2D eigenvalue weighted by Crippen LogP contribution is -2.31. The molecule has 1 N–H and O–H groups in total. The van der Waals surface area contributed by atoms with Crippen LogP contribution in [0.25, 0.3) is 0 Å². The molecule has 1 aromatic rings. The minimum Gasteiger partial charge on any atom is -0.508 e. The Bertz CT molecular complexity index is 565. The van der Waals surface area contributed by atoms with Crippen molar-refractivity contribution in [1.29, 1.82) is 0 Å². The minimum absolute atomic E-state index is 0.117. The topological polar surface area (TPSA) is 57.6 Å². The molecule has 1 aliphatic heterocycles. The van der Waals surface area contributed by atoms with Crippen molar-refractivity contribution >= 4 is 17.5 Å². The third-order valence-corrected chi connectivity index (χ3v) is 3.93. The van der Waals surface area contributed by atoms with E-state index >= 15 is 0 Å². The highest BCUT2D eigenvalue weighted by molar-refractivity contribution is 6.22. The lowest BCUT2D eigenvalue weighted by atomic mass is 9.85. The molecule has 1 heterocycles. The lowest BCUT2D eigenvalue weighted by Gasteiger charge is -2.17. The maximum Gasteiger partial charge on any atom is 0.238 e. The molecule has 1 aromatic carbocycles. The molecule has 2 aliphatic rings. The van der Waals surface area contributed by atoms with Crippen molar-refractivity contribution in [1.82, 2.24) is 0 Å². The number of rotatable bonds is 1. The van der Waals surface area contributed by atoms with Crippen LogP contribution >= 0.6 is 0 Å². The number of phenolic OH excluding ortho intramolecular Hbond substituents is 1. The number of allylic oxidation sites excluding steroid dienone is 2. The van der Waals surface area contributed by atoms with Crippen LogP contribution in [0.3, 0.4) is 0 Å². The van der Waals surface area contributed by atoms with Crippen LogP contribution in [0.5, 0.6) is 5.75 Å². The number of hydrogen-bond acceptors (Lipinski definition) is 3. The molecule has 0 unspecified atom stereocenters. The Hall–Kier alpha value is -2.10. The number of benzene rings is 1. The van der Waals surface area contributed by atoms with Gasteiger partial charge in [0.25, 0.3) is 0 Å². The van der Waals surface area contributed by atoms with Gasteiger partial charge in [-0.05, 0) is 43.5 Å². The SMILES string of the molecule is Cc1cc(O)ccc1N1C(=O)[C@@H]2CC=CC[C@H]2C1=O. The Kier molecular flexibility index (Phi) is 2.66. The van der Waals surface area contributed by atoms with Crippen molar-refractivity contribution in [3.63, 3.8) is 0 Å². The van der Waals surface area contributed by atoms with Gasteiger partial charge >= 0.3 is 0 Å². The molecule has 0 radical (unpaired) electrons. The third kappa shape index (κ3) is 1.75. The van der Waals surface area contributed by atoms with Crippen LogP contribution in [0.2, 0.25) is 0 Å². The highest BCUT2D eigenvalue weighted by Gasteiger charge is 2.48. The summed E-state index contributed by atoms with van der Waals surface area (Å²) in [7, 11) is 0. The van der Waals surface area contributed by atoms with Gasteiger partial charge in [-0.2, -0.15) is 0 Å². The lowest BCUT2D eigenvalue weighted by molar-refractivity contribution is -0.122. The second-order valence-corrected chi connectivity index (χ2v) is 5.14. The van der Waals surface area contributed by atoms with Gasteiger partial charge < -0.3 is 5.11 Å². The molecule has 3 rings (SSSR count). The van der Waals surface area contributed by atoms with Crippen LogP contribution in [0.15, 0.2) is 30.4 Å². The molecule has 1 fully saturated rings. The summed E-state index contributed by atoms with van der Waals surface area (Å²) in [5, 5.41) is 9.42. The number of amides is 2. The van der Waals surface area contributed by atoms with E-state index < -0.39 is 0 Å². The first-order chi connectivity index (χ1) is 9.09. The number of anilines is 1. The zero-order valence-corrected chi connectivity index (χ0v) is 10.7. The summed E-state index contributed by atoms with van der Waals surface area (Å²) in [4.78, 5) is 26.1. The number of carbonyl (C=O) groups is 2. The molecule has 0 spiro atoms. The zero-order valence-electron chi connectivity index (χ0n) is 10.7. The fraction of sp³-hybridized carbons (Fsp3) is 0.333. The second kappa shape index (κ2) is 4.23. The highest BCUT2D eigenvalue weighted by atomic mass is 16.3. The van der Waals surface area contributed by atoms with Crippen LogP contribution in [-0.4, -0.2) is 16.9 Å². The molecule has 1 saturated heterocycles. The highest BCUT2D eigenvalue weighted by Crippen LogP contribution is 2.39. The van der Waals surface area contributed by atoms with Gasteiger partial charge in [-0.25, -0.2) is 4.90 Å². The Morgan fingerprint density at radius 1 is 1.11 bits per heavy atom. The van der Waals surface area contributed by atoms with Gasteiger partial charge in [0, 0.05) is 0 Å². The van der Waals surface area contributed by atoms with Gasteiger partial charge in [-0.15, -0.1) is 0 Å². The number of phenols is 1. The number of fused-ring (bicyclic) bond motifs is 1. The van der Waals surface area contributed by atoms with Crippen LogP contribution in [-0.2, 0) is 9.59 Å². The summed E-state index contributed by atoms with van der Waals surface area (Å²) in [5.74, 6) is -0.530. The molecule has 1 aliphatic carbocycles. The van der Waals surface area contributed by atoms with E-state index in [0.717, 1.165) is 5.56 Å². The Labute approximate surface area is 111 Å². The average Bonchev–Trinajstić information content (AvgIpc) is 2.64. The molecule has 19 heavy (non-hydrogen) atoms. The zero-order chi connectivity index (χ0) is 13.6. The summed E-state index contributed by atoms with van der Waals surface area (Å²) < 4.78 is 0. The van der Waals surface area contributed by atoms with Crippen LogP contribution < -0.4 is 4.90 Å². The maximum absolute atomic E-state index is 12.4. The maximum atomic E-state index is 12.4. The van der Waals surface area contributed by atoms with Crippen LogP contribution in [0.1, 0.15) is 18.4 Å². The molecule has 2 amide bonds. The molecule has 2 atom stereocenters. The van der Waals surface area contributed by atoms with E-state index in [2.05, 4.69) is 0 Å². The van der Waals surface area contributed by atoms with Gasteiger partial charge in [0.15, 0.2) is 0 Å². The van der Waals surface area contributed by atoms with Crippen molar-refractivity contribution in [3.05, 3.63) is 35.9 Å². The van der Waals surface area contributed by atoms with E-state index in [1.165, 1.54) is 11.0 Å². The van der Waals surface area contributed by atoms with Gasteiger partial charge in [0.2, 0.25) is 11.8 Å². The van der Waals surface area contributed by atoms with Crippen molar-refractivity contribution in [2.75, 3.05) is 4.90 Å². The number of imide groups is 1. The standard InChI is InChI=1S/C15H15NO3/c1-9-8-10(17)6-7-13(9)16-14(18)11-4-2-3-5-12(11)15(16)19/h2-3,6-8,11-12,17H,4-5H2,1H3/t11-,12-/m1/s1. The van der Waals surface area contributed by atoms with E-state index in [1.54, 1.807) is 19.1 Å². The Morgan fingerprint density at radius 3 is 2.21 bits per heavy atom. The smallest absolute Gasteiger partial charge is 0.238 e. The van der Waals surface area contributed by atoms with Crippen molar-refractivity contribution in [2.45, 2.75) is 19.8 Å². The summed E-state index contributed by atoms with van der Waals surface area (Å²) in [5.41, 5.74) is 1.32.